The van der Waals surface area contributed by atoms with Crippen molar-refractivity contribution in [2.24, 2.45) is 0 Å². The number of hydrogen-bond acceptors (Lipinski definition) is 4. The first-order valence-corrected chi connectivity index (χ1v) is 7.69. The number of nitrogens with zero attached hydrogens (tertiary/aromatic N) is 2. The molecule has 0 unspecified atom stereocenters. The Morgan fingerprint density at radius 3 is 2.76 bits per heavy atom. The zero-order valence-electron chi connectivity index (χ0n) is 11.7. The molecule has 0 bridgehead atoms. The second-order valence-electron chi connectivity index (χ2n) is 4.92. The molecule has 0 aliphatic heterocycles. The van der Waals surface area contributed by atoms with Gasteiger partial charge in [0, 0.05) is 18.0 Å². The monoisotopic (exact) mass is 300 g/mol. The molecule has 0 saturated carbocycles. The molecular weight excluding hydrogens is 284 g/mol. The number of aromatic nitrogens is 2. The van der Waals surface area contributed by atoms with Gasteiger partial charge in [-0.2, -0.15) is 0 Å². The van der Waals surface area contributed by atoms with E-state index < -0.39 is 0 Å². The molecule has 0 atom stereocenters. The third kappa shape index (κ3) is 2.50. The minimum Gasteiger partial charge on any atom is -0.396 e. The average Bonchev–Trinajstić information content (AvgIpc) is 2.85. The van der Waals surface area contributed by atoms with E-state index in [4.69, 9.17) is 5.11 Å². The van der Waals surface area contributed by atoms with E-state index in [1.165, 1.54) is 0 Å². The lowest BCUT2D eigenvalue weighted by molar-refractivity contribution is 0.279. The quantitative estimate of drug-likeness (QED) is 0.806. The summed E-state index contributed by atoms with van der Waals surface area (Å²) in [6, 6.07) is 10.1. The van der Waals surface area contributed by atoms with Crippen LogP contribution in [0.25, 0.3) is 20.7 Å². The maximum Gasteiger partial charge on any atom is 0.262 e. The molecule has 0 radical (unpaired) electrons. The molecule has 0 amide bonds. The van der Waals surface area contributed by atoms with Gasteiger partial charge in [-0.1, -0.05) is 30.3 Å². The summed E-state index contributed by atoms with van der Waals surface area (Å²) >= 11 is 1.55. The maximum absolute atomic E-state index is 12.5. The summed E-state index contributed by atoms with van der Waals surface area (Å²) in [5.74, 6) is 0. The highest BCUT2D eigenvalue weighted by Crippen LogP contribution is 2.35. The molecule has 2 heterocycles. The number of aliphatic hydroxyl groups excluding tert-OH is 1. The van der Waals surface area contributed by atoms with Crippen LogP contribution < -0.4 is 5.56 Å². The second-order valence-corrected chi connectivity index (χ2v) is 5.92. The molecule has 0 aliphatic rings. The van der Waals surface area contributed by atoms with Gasteiger partial charge in [0.2, 0.25) is 0 Å². The second kappa shape index (κ2) is 5.79. The van der Waals surface area contributed by atoms with Crippen LogP contribution in [0, 0.1) is 6.92 Å². The van der Waals surface area contributed by atoms with Crippen LogP contribution in [0.4, 0.5) is 0 Å². The Morgan fingerprint density at radius 2 is 2.05 bits per heavy atom. The van der Waals surface area contributed by atoms with Crippen LogP contribution in [0.15, 0.2) is 41.5 Å². The Morgan fingerprint density at radius 1 is 1.29 bits per heavy atom. The summed E-state index contributed by atoms with van der Waals surface area (Å²) in [7, 11) is 0. The molecular formula is C16H16N2O2S. The highest BCUT2D eigenvalue weighted by Gasteiger charge is 2.15. The van der Waals surface area contributed by atoms with Gasteiger partial charge in [-0.05, 0) is 24.5 Å². The van der Waals surface area contributed by atoms with Gasteiger partial charge < -0.3 is 5.11 Å². The molecule has 21 heavy (non-hydrogen) atoms. The van der Waals surface area contributed by atoms with Crippen molar-refractivity contribution in [3.8, 4) is 10.4 Å². The Kier molecular flexibility index (Phi) is 3.86. The molecule has 0 saturated heterocycles. The van der Waals surface area contributed by atoms with Crippen molar-refractivity contribution in [2.75, 3.05) is 6.61 Å². The lowest BCUT2D eigenvalue weighted by Crippen LogP contribution is -2.21. The maximum atomic E-state index is 12.5. The minimum absolute atomic E-state index is 0.0237. The lowest BCUT2D eigenvalue weighted by atomic mass is 10.1. The zero-order chi connectivity index (χ0) is 14.8. The van der Waals surface area contributed by atoms with Crippen LogP contribution in [0.2, 0.25) is 0 Å². The van der Waals surface area contributed by atoms with Crippen LogP contribution in [-0.2, 0) is 6.54 Å². The van der Waals surface area contributed by atoms with E-state index in [0.717, 1.165) is 20.8 Å². The van der Waals surface area contributed by atoms with Gasteiger partial charge in [0.25, 0.3) is 5.56 Å². The first-order valence-electron chi connectivity index (χ1n) is 6.87. The average molecular weight is 300 g/mol. The van der Waals surface area contributed by atoms with Gasteiger partial charge in [0.15, 0.2) is 0 Å². The predicted molar refractivity (Wildman–Crippen MR) is 85.8 cm³/mol. The smallest absolute Gasteiger partial charge is 0.262 e. The normalized spacial score (nSPS) is 11.1. The van der Waals surface area contributed by atoms with Gasteiger partial charge in [0.1, 0.15) is 4.83 Å². The van der Waals surface area contributed by atoms with Crippen molar-refractivity contribution in [3.63, 3.8) is 0 Å². The van der Waals surface area contributed by atoms with E-state index in [1.54, 1.807) is 22.2 Å². The molecule has 2 aromatic heterocycles. The Labute approximate surface area is 126 Å². The highest BCUT2D eigenvalue weighted by molar-refractivity contribution is 7.22. The molecule has 5 heteroatoms. The summed E-state index contributed by atoms with van der Waals surface area (Å²) < 4.78 is 1.58. The van der Waals surface area contributed by atoms with Crippen LogP contribution in [0.5, 0.6) is 0 Å². The molecule has 0 spiro atoms. The molecule has 3 aromatic rings. The van der Waals surface area contributed by atoms with Crippen LogP contribution in [-0.4, -0.2) is 21.3 Å². The topological polar surface area (TPSA) is 55.1 Å². The van der Waals surface area contributed by atoms with Crippen LogP contribution >= 0.6 is 11.3 Å². The number of fused-ring (bicyclic) bond motifs is 1. The fraction of sp³-hybridized carbons (Fsp3) is 0.250. The van der Waals surface area contributed by atoms with E-state index in [9.17, 15) is 4.79 Å². The number of rotatable bonds is 4. The third-order valence-electron chi connectivity index (χ3n) is 3.51. The van der Waals surface area contributed by atoms with Crippen LogP contribution in [0.3, 0.4) is 0 Å². The van der Waals surface area contributed by atoms with Crippen molar-refractivity contribution in [3.05, 3.63) is 52.6 Å². The first kappa shape index (κ1) is 14.0. The minimum atomic E-state index is -0.0237. The lowest BCUT2D eigenvalue weighted by Gasteiger charge is -2.03. The van der Waals surface area contributed by atoms with E-state index in [-0.39, 0.29) is 12.2 Å². The molecule has 4 nitrogen and oxygen atoms in total. The van der Waals surface area contributed by atoms with Crippen molar-refractivity contribution >= 4 is 21.6 Å². The van der Waals surface area contributed by atoms with E-state index in [0.29, 0.717) is 18.4 Å². The van der Waals surface area contributed by atoms with Gasteiger partial charge in [0.05, 0.1) is 11.7 Å². The van der Waals surface area contributed by atoms with Gasteiger partial charge in [-0.25, -0.2) is 4.98 Å². The number of thiophene rings is 1. The summed E-state index contributed by atoms with van der Waals surface area (Å²) in [6.07, 6.45) is 2.13. The van der Waals surface area contributed by atoms with Gasteiger partial charge in [-0.15, -0.1) is 11.3 Å². The van der Waals surface area contributed by atoms with Gasteiger partial charge in [-0.3, -0.25) is 9.36 Å². The molecule has 1 aromatic carbocycles. The SMILES string of the molecule is Cc1c(-c2ccccc2)sc2ncn(CCCO)c(=O)c12. The number of benzene rings is 1. The molecule has 0 fully saturated rings. The fourth-order valence-electron chi connectivity index (χ4n) is 2.42. The largest absolute Gasteiger partial charge is 0.396 e. The van der Waals surface area contributed by atoms with Gasteiger partial charge >= 0.3 is 0 Å². The zero-order valence-corrected chi connectivity index (χ0v) is 12.6. The summed E-state index contributed by atoms with van der Waals surface area (Å²) in [4.78, 5) is 18.8. The number of aryl methyl sites for hydroxylation is 2. The summed E-state index contributed by atoms with van der Waals surface area (Å²) in [5.41, 5.74) is 2.07. The Hall–Kier alpha value is -1.98. The molecule has 108 valence electrons. The first-order chi connectivity index (χ1) is 10.2. The van der Waals surface area contributed by atoms with E-state index in [2.05, 4.69) is 4.98 Å². The summed E-state index contributed by atoms with van der Waals surface area (Å²) in [6.45, 7) is 2.54. The van der Waals surface area contributed by atoms with Crippen molar-refractivity contribution < 1.29 is 5.11 Å². The van der Waals surface area contributed by atoms with E-state index >= 15 is 0 Å². The Balaban J connectivity index is 2.17. The highest BCUT2D eigenvalue weighted by atomic mass is 32.1. The predicted octanol–water partition coefficient (Wildman–Crippen LogP) is 2.82. The van der Waals surface area contributed by atoms with Crippen molar-refractivity contribution in [1.82, 2.24) is 9.55 Å². The molecule has 3 rings (SSSR count). The van der Waals surface area contributed by atoms with Crippen molar-refractivity contribution in [2.45, 2.75) is 19.9 Å². The fourth-order valence-corrected chi connectivity index (χ4v) is 3.57. The molecule has 0 aliphatic carbocycles. The van der Waals surface area contributed by atoms with Crippen LogP contribution in [0.1, 0.15) is 12.0 Å². The summed E-state index contributed by atoms with van der Waals surface area (Å²) in [5, 5.41) is 9.60. The third-order valence-corrected chi connectivity index (χ3v) is 4.76. The van der Waals surface area contributed by atoms with Crippen molar-refractivity contribution in [1.29, 1.82) is 0 Å². The standard InChI is InChI=1S/C16H16N2O2S/c1-11-13-15(17-10-18(16(13)20)8-5-9-19)21-14(11)12-6-3-2-4-7-12/h2-4,6-7,10,19H,5,8-9H2,1H3. The number of hydrogen-bond donors (Lipinski definition) is 1. The Bertz CT molecular complexity index is 821. The molecule has 1 N–H and O–H groups in total. The number of aliphatic hydroxyl groups is 1. The van der Waals surface area contributed by atoms with E-state index in [1.807, 2.05) is 37.3 Å².